The SMILES string of the molecule is C[C@H](NC(=O)CCc1nc2ccccc2s1)[C@@H]1CCCO1. The molecule has 3 rings (SSSR count). The van der Waals surface area contributed by atoms with E-state index in [1.807, 2.05) is 25.1 Å². The Morgan fingerprint density at radius 1 is 1.52 bits per heavy atom. The summed E-state index contributed by atoms with van der Waals surface area (Å²) in [6, 6.07) is 8.17. The first-order chi connectivity index (χ1) is 10.2. The molecule has 2 atom stereocenters. The Morgan fingerprint density at radius 2 is 2.38 bits per heavy atom. The molecule has 0 saturated carbocycles. The van der Waals surface area contributed by atoms with Crippen LogP contribution in [0.5, 0.6) is 0 Å². The molecule has 5 heteroatoms. The number of nitrogens with one attached hydrogen (secondary N) is 1. The van der Waals surface area contributed by atoms with Crippen LogP contribution in [0.1, 0.15) is 31.2 Å². The molecule has 0 aliphatic carbocycles. The molecule has 4 nitrogen and oxygen atoms in total. The Kier molecular flexibility index (Phi) is 4.51. The summed E-state index contributed by atoms with van der Waals surface area (Å²) in [7, 11) is 0. The van der Waals surface area contributed by atoms with Crippen LogP contribution >= 0.6 is 11.3 Å². The average Bonchev–Trinajstić information content (AvgIpc) is 3.14. The number of aryl methyl sites for hydroxylation is 1. The minimum atomic E-state index is 0.0808. The van der Waals surface area contributed by atoms with Crippen molar-refractivity contribution in [2.24, 2.45) is 0 Å². The molecule has 2 aromatic rings. The Bertz CT molecular complexity index is 587. The van der Waals surface area contributed by atoms with E-state index >= 15 is 0 Å². The monoisotopic (exact) mass is 304 g/mol. The fourth-order valence-corrected chi connectivity index (χ4v) is 3.63. The number of thiazole rings is 1. The summed E-state index contributed by atoms with van der Waals surface area (Å²) < 4.78 is 6.77. The number of carbonyl (C=O) groups is 1. The number of nitrogens with zero attached hydrogens (tertiary/aromatic N) is 1. The minimum Gasteiger partial charge on any atom is -0.376 e. The number of benzene rings is 1. The zero-order chi connectivity index (χ0) is 14.7. The molecule has 0 bridgehead atoms. The van der Waals surface area contributed by atoms with Crippen molar-refractivity contribution in [2.75, 3.05) is 6.61 Å². The molecule has 1 aromatic heterocycles. The molecular weight excluding hydrogens is 284 g/mol. The van der Waals surface area contributed by atoms with Crippen molar-refractivity contribution in [1.82, 2.24) is 10.3 Å². The standard InChI is InChI=1S/C16H20N2O2S/c1-11(13-6-4-10-20-13)17-15(19)8-9-16-18-12-5-2-3-7-14(12)21-16/h2-3,5,7,11,13H,4,6,8-10H2,1H3,(H,17,19)/t11-,13-/m0/s1. The van der Waals surface area contributed by atoms with Crippen LogP contribution in [0.4, 0.5) is 0 Å². The molecule has 1 aromatic carbocycles. The number of para-hydroxylation sites is 1. The van der Waals surface area contributed by atoms with Crippen molar-refractivity contribution >= 4 is 27.5 Å². The third-order valence-electron chi connectivity index (χ3n) is 3.82. The van der Waals surface area contributed by atoms with E-state index in [2.05, 4.69) is 16.4 Å². The van der Waals surface area contributed by atoms with Gasteiger partial charge >= 0.3 is 0 Å². The van der Waals surface area contributed by atoms with Crippen molar-refractivity contribution in [3.63, 3.8) is 0 Å². The fourth-order valence-electron chi connectivity index (χ4n) is 2.66. The van der Waals surface area contributed by atoms with Gasteiger partial charge in [0.05, 0.1) is 27.4 Å². The van der Waals surface area contributed by atoms with Gasteiger partial charge < -0.3 is 10.1 Å². The Balaban J connectivity index is 1.50. The molecule has 1 amide bonds. The number of hydrogen-bond acceptors (Lipinski definition) is 4. The number of carbonyl (C=O) groups excluding carboxylic acids is 1. The van der Waals surface area contributed by atoms with E-state index in [9.17, 15) is 4.79 Å². The van der Waals surface area contributed by atoms with Gasteiger partial charge in [-0.15, -0.1) is 11.3 Å². The zero-order valence-corrected chi connectivity index (χ0v) is 13.0. The van der Waals surface area contributed by atoms with Gasteiger partial charge in [-0.25, -0.2) is 4.98 Å². The molecule has 1 aliphatic heterocycles. The summed E-state index contributed by atoms with van der Waals surface area (Å²) in [6.45, 7) is 2.84. The maximum absolute atomic E-state index is 12.0. The maximum atomic E-state index is 12.0. The number of fused-ring (bicyclic) bond motifs is 1. The van der Waals surface area contributed by atoms with Crippen molar-refractivity contribution in [2.45, 2.75) is 44.8 Å². The van der Waals surface area contributed by atoms with Crippen LogP contribution < -0.4 is 5.32 Å². The van der Waals surface area contributed by atoms with Gasteiger partial charge in [-0.3, -0.25) is 4.79 Å². The second-order valence-electron chi connectivity index (χ2n) is 5.48. The predicted octanol–water partition coefficient (Wildman–Crippen LogP) is 2.91. The van der Waals surface area contributed by atoms with Crippen LogP contribution in [-0.2, 0) is 16.0 Å². The summed E-state index contributed by atoms with van der Waals surface area (Å²) in [6.07, 6.45) is 3.49. The summed E-state index contributed by atoms with van der Waals surface area (Å²) in [5.41, 5.74) is 1.02. The van der Waals surface area contributed by atoms with Crippen molar-refractivity contribution in [3.05, 3.63) is 29.3 Å². The number of rotatable bonds is 5. The van der Waals surface area contributed by atoms with E-state index in [0.717, 1.165) is 30.0 Å². The maximum Gasteiger partial charge on any atom is 0.220 e. The summed E-state index contributed by atoms with van der Waals surface area (Å²) in [5, 5.41) is 4.06. The summed E-state index contributed by atoms with van der Waals surface area (Å²) >= 11 is 1.67. The zero-order valence-electron chi connectivity index (χ0n) is 12.2. The first-order valence-electron chi connectivity index (χ1n) is 7.48. The Hall–Kier alpha value is -1.46. The van der Waals surface area contributed by atoms with Crippen LogP contribution in [0.15, 0.2) is 24.3 Å². The Labute approximate surface area is 128 Å². The van der Waals surface area contributed by atoms with Crippen LogP contribution in [0.3, 0.4) is 0 Å². The van der Waals surface area contributed by atoms with Crippen LogP contribution in [0.2, 0.25) is 0 Å². The van der Waals surface area contributed by atoms with E-state index in [0.29, 0.717) is 12.8 Å². The lowest BCUT2D eigenvalue weighted by molar-refractivity contribution is -0.122. The van der Waals surface area contributed by atoms with Crippen LogP contribution in [0, 0.1) is 0 Å². The van der Waals surface area contributed by atoms with E-state index in [4.69, 9.17) is 4.74 Å². The number of hydrogen-bond donors (Lipinski definition) is 1. The van der Waals surface area contributed by atoms with Gasteiger partial charge in [0.25, 0.3) is 0 Å². The lowest BCUT2D eigenvalue weighted by Gasteiger charge is -2.19. The van der Waals surface area contributed by atoms with E-state index in [1.54, 1.807) is 11.3 Å². The molecule has 21 heavy (non-hydrogen) atoms. The molecule has 1 aliphatic rings. The predicted molar refractivity (Wildman–Crippen MR) is 84.5 cm³/mol. The van der Waals surface area contributed by atoms with Crippen molar-refractivity contribution in [1.29, 1.82) is 0 Å². The smallest absolute Gasteiger partial charge is 0.220 e. The highest BCUT2D eigenvalue weighted by atomic mass is 32.1. The van der Waals surface area contributed by atoms with Gasteiger partial charge in [0, 0.05) is 19.4 Å². The van der Waals surface area contributed by atoms with Gasteiger partial charge in [0.2, 0.25) is 5.91 Å². The highest BCUT2D eigenvalue weighted by Crippen LogP contribution is 2.22. The lowest BCUT2D eigenvalue weighted by Crippen LogP contribution is -2.40. The molecule has 1 saturated heterocycles. The van der Waals surface area contributed by atoms with Gasteiger partial charge in [0.1, 0.15) is 0 Å². The molecule has 0 radical (unpaired) electrons. The van der Waals surface area contributed by atoms with Crippen LogP contribution in [-0.4, -0.2) is 29.6 Å². The van der Waals surface area contributed by atoms with Crippen molar-refractivity contribution in [3.8, 4) is 0 Å². The van der Waals surface area contributed by atoms with Gasteiger partial charge in [-0.05, 0) is 31.9 Å². The highest BCUT2D eigenvalue weighted by Gasteiger charge is 2.23. The largest absolute Gasteiger partial charge is 0.376 e. The summed E-state index contributed by atoms with van der Waals surface area (Å²) in [4.78, 5) is 16.6. The first kappa shape index (κ1) is 14.5. The molecule has 0 spiro atoms. The van der Waals surface area contributed by atoms with Gasteiger partial charge in [-0.2, -0.15) is 0 Å². The minimum absolute atomic E-state index is 0.0808. The Morgan fingerprint density at radius 3 is 3.14 bits per heavy atom. The molecule has 112 valence electrons. The van der Waals surface area contributed by atoms with Crippen molar-refractivity contribution < 1.29 is 9.53 Å². The molecule has 2 heterocycles. The topological polar surface area (TPSA) is 51.2 Å². The number of amides is 1. The lowest BCUT2D eigenvalue weighted by atomic mass is 10.1. The number of ether oxygens (including phenoxy) is 1. The quantitative estimate of drug-likeness (QED) is 0.924. The second kappa shape index (κ2) is 6.54. The molecule has 1 N–H and O–H groups in total. The van der Waals surface area contributed by atoms with E-state index in [1.165, 1.54) is 4.70 Å². The molecule has 1 fully saturated rings. The van der Waals surface area contributed by atoms with E-state index in [-0.39, 0.29) is 18.1 Å². The molecule has 0 unspecified atom stereocenters. The van der Waals surface area contributed by atoms with E-state index < -0.39 is 0 Å². The average molecular weight is 304 g/mol. The third kappa shape index (κ3) is 3.60. The number of aromatic nitrogens is 1. The fraction of sp³-hybridized carbons (Fsp3) is 0.500. The first-order valence-corrected chi connectivity index (χ1v) is 8.29. The third-order valence-corrected chi connectivity index (χ3v) is 4.91. The second-order valence-corrected chi connectivity index (χ2v) is 6.60. The van der Waals surface area contributed by atoms with Gasteiger partial charge in [0.15, 0.2) is 0 Å². The van der Waals surface area contributed by atoms with Gasteiger partial charge in [-0.1, -0.05) is 12.1 Å². The summed E-state index contributed by atoms with van der Waals surface area (Å²) in [5.74, 6) is 0.0808. The normalized spacial score (nSPS) is 19.8. The van der Waals surface area contributed by atoms with Crippen LogP contribution in [0.25, 0.3) is 10.2 Å². The highest BCUT2D eigenvalue weighted by molar-refractivity contribution is 7.18. The molecular formula is C16H20N2O2S.